The van der Waals surface area contributed by atoms with Crippen molar-refractivity contribution in [2.75, 3.05) is 26.0 Å². The lowest BCUT2D eigenvalue weighted by atomic mass is 9.88. The van der Waals surface area contributed by atoms with Crippen LogP contribution in [0.15, 0.2) is 28.3 Å². The maximum atomic E-state index is 12.9. The van der Waals surface area contributed by atoms with Gasteiger partial charge in [-0.25, -0.2) is 4.98 Å². The van der Waals surface area contributed by atoms with E-state index in [1.54, 1.807) is 11.5 Å². The number of hydrogen-bond acceptors (Lipinski definition) is 7. The summed E-state index contributed by atoms with van der Waals surface area (Å²) in [5.41, 5.74) is 3.22. The van der Waals surface area contributed by atoms with E-state index in [2.05, 4.69) is 27.0 Å². The SMILES string of the molecule is CC.COC(=O)CCc1csc(NC(=O)/C(C=O)=C/C2=C(\N(C)CC3CCCCC3)CCCCCC2)n1. The number of ether oxygens (including phenoxy) is 1. The average Bonchev–Trinajstić information content (AvgIpc) is 3.35. The number of nitrogens with one attached hydrogen (secondary N) is 1. The lowest BCUT2D eigenvalue weighted by Gasteiger charge is -2.32. The van der Waals surface area contributed by atoms with Crippen molar-refractivity contribution >= 4 is 34.6 Å². The van der Waals surface area contributed by atoms with E-state index in [-0.39, 0.29) is 18.0 Å². The van der Waals surface area contributed by atoms with Gasteiger partial charge in [-0.15, -0.1) is 11.3 Å². The van der Waals surface area contributed by atoms with Gasteiger partial charge in [0.1, 0.15) is 0 Å². The minimum atomic E-state index is -0.447. The van der Waals surface area contributed by atoms with E-state index in [9.17, 15) is 14.4 Å². The molecule has 0 bridgehead atoms. The number of aromatic nitrogens is 1. The van der Waals surface area contributed by atoms with E-state index in [1.165, 1.54) is 69.1 Å². The number of anilines is 1. The minimum Gasteiger partial charge on any atom is -0.469 e. The zero-order valence-corrected chi connectivity index (χ0v) is 24.0. The van der Waals surface area contributed by atoms with Crippen LogP contribution in [0.5, 0.6) is 0 Å². The van der Waals surface area contributed by atoms with Gasteiger partial charge in [-0.3, -0.25) is 19.7 Å². The number of carbonyl (C=O) groups excluding carboxylic acids is 3. The van der Waals surface area contributed by atoms with Gasteiger partial charge in [-0.1, -0.05) is 46.0 Å². The third kappa shape index (κ3) is 10.4. The van der Waals surface area contributed by atoms with Crippen molar-refractivity contribution in [3.8, 4) is 0 Å². The molecule has 1 aromatic heterocycles. The van der Waals surface area contributed by atoms with Gasteiger partial charge in [-0.2, -0.15) is 0 Å². The Kier molecular flexibility index (Phi) is 14.2. The van der Waals surface area contributed by atoms with E-state index < -0.39 is 5.91 Å². The molecule has 1 aromatic rings. The van der Waals surface area contributed by atoms with Gasteiger partial charge in [0.2, 0.25) is 0 Å². The molecule has 0 atom stereocenters. The van der Waals surface area contributed by atoms with Crippen LogP contribution in [0.25, 0.3) is 0 Å². The Balaban J connectivity index is 0.00000235. The van der Waals surface area contributed by atoms with Crippen molar-refractivity contribution in [2.24, 2.45) is 5.92 Å². The molecule has 0 aliphatic heterocycles. The van der Waals surface area contributed by atoms with E-state index in [4.69, 9.17) is 0 Å². The van der Waals surface area contributed by atoms with Crippen molar-refractivity contribution in [2.45, 2.75) is 97.3 Å². The fourth-order valence-electron chi connectivity index (χ4n) is 5.05. The number of nitrogens with zero attached hydrogens (tertiary/aromatic N) is 2. The summed E-state index contributed by atoms with van der Waals surface area (Å²) >= 11 is 1.28. The van der Waals surface area contributed by atoms with Gasteiger partial charge < -0.3 is 9.64 Å². The van der Waals surface area contributed by atoms with Crippen molar-refractivity contribution < 1.29 is 19.1 Å². The first kappa shape index (κ1) is 30.7. The molecule has 0 spiro atoms. The highest BCUT2D eigenvalue weighted by atomic mass is 32.1. The summed E-state index contributed by atoms with van der Waals surface area (Å²) < 4.78 is 4.66. The summed E-state index contributed by atoms with van der Waals surface area (Å²) in [5, 5.41) is 4.98. The number of rotatable bonds is 10. The molecule has 0 saturated heterocycles. The van der Waals surface area contributed by atoms with Crippen LogP contribution in [0, 0.1) is 5.92 Å². The highest BCUT2D eigenvalue weighted by Crippen LogP contribution is 2.30. The molecule has 2 aliphatic carbocycles. The summed E-state index contributed by atoms with van der Waals surface area (Å²) in [6, 6.07) is 0. The Hall–Kier alpha value is -2.48. The molecule has 3 rings (SSSR count). The third-order valence-electron chi connectivity index (χ3n) is 7.00. The Morgan fingerprint density at radius 2 is 1.78 bits per heavy atom. The number of thiazole rings is 1. The molecule has 1 heterocycles. The molecular weight excluding hydrogens is 486 g/mol. The predicted octanol–water partition coefficient (Wildman–Crippen LogP) is 6.46. The number of hydrogen-bond donors (Lipinski definition) is 1. The summed E-state index contributed by atoms with van der Waals surface area (Å²) in [7, 11) is 3.53. The van der Waals surface area contributed by atoms with Crippen LogP contribution in [0.4, 0.5) is 5.13 Å². The average molecular weight is 532 g/mol. The van der Waals surface area contributed by atoms with Gasteiger partial charge in [0.15, 0.2) is 11.4 Å². The zero-order chi connectivity index (χ0) is 27.0. The van der Waals surface area contributed by atoms with Gasteiger partial charge >= 0.3 is 5.97 Å². The Morgan fingerprint density at radius 3 is 2.46 bits per heavy atom. The third-order valence-corrected chi connectivity index (χ3v) is 7.81. The van der Waals surface area contributed by atoms with E-state index in [0.29, 0.717) is 23.5 Å². The van der Waals surface area contributed by atoms with E-state index in [1.807, 2.05) is 13.8 Å². The predicted molar refractivity (Wildman–Crippen MR) is 151 cm³/mol. The molecule has 1 N–H and O–H groups in total. The zero-order valence-electron chi connectivity index (χ0n) is 23.1. The number of aldehydes is 1. The van der Waals surface area contributed by atoms with Crippen molar-refractivity contribution in [3.05, 3.63) is 34.0 Å². The highest BCUT2D eigenvalue weighted by Gasteiger charge is 2.20. The second kappa shape index (κ2) is 17.1. The van der Waals surface area contributed by atoms with Gasteiger partial charge in [-0.05, 0) is 56.1 Å². The molecule has 8 heteroatoms. The second-order valence-electron chi connectivity index (χ2n) is 9.66. The normalized spacial score (nSPS) is 19.1. The Bertz CT molecular complexity index is 931. The Labute approximate surface area is 226 Å². The van der Waals surface area contributed by atoms with Crippen molar-refractivity contribution in [3.63, 3.8) is 0 Å². The van der Waals surface area contributed by atoms with Crippen LogP contribution in [0.3, 0.4) is 0 Å². The number of amides is 1. The molecule has 0 aromatic carbocycles. The van der Waals surface area contributed by atoms with Crippen LogP contribution in [0.1, 0.15) is 96.6 Å². The molecule has 1 saturated carbocycles. The molecule has 0 radical (unpaired) electrons. The Morgan fingerprint density at radius 1 is 1.11 bits per heavy atom. The minimum absolute atomic E-state index is 0.121. The fourth-order valence-corrected chi connectivity index (χ4v) is 5.79. The standard InChI is InChI=1S/C27H39N3O4S.C2H6/c1-30(17-20-10-6-5-7-11-20)24-13-9-4-3-8-12-21(24)16-22(18-31)26(33)29-27-28-23(19-35-27)14-15-25(32)34-2;1-2/h16,18-20H,3-15,17H2,1-2H3,(H,28,29,33);1-2H3/b22-16+,24-21-;. The monoisotopic (exact) mass is 531 g/mol. The first-order chi connectivity index (χ1) is 18.0. The lowest BCUT2D eigenvalue weighted by Crippen LogP contribution is -2.28. The molecule has 1 fully saturated rings. The summed E-state index contributed by atoms with van der Waals surface area (Å²) in [5.74, 6) is -0.0201. The first-order valence-electron chi connectivity index (χ1n) is 13.9. The number of allylic oxidation sites excluding steroid dienone is 3. The number of carbonyl (C=O) groups is 3. The molecule has 206 valence electrons. The number of methoxy groups -OCH3 is 1. The van der Waals surface area contributed by atoms with Crippen LogP contribution < -0.4 is 5.32 Å². The molecule has 7 nitrogen and oxygen atoms in total. The molecule has 0 unspecified atom stereocenters. The van der Waals surface area contributed by atoms with Gasteiger partial charge in [0.25, 0.3) is 5.91 Å². The maximum absolute atomic E-state index is 12.9. The maximum Gasteiger partial charge on any atom is 0.305 e. The molecule has 1 amide bonds. The van der Waals surface area contributed by atoms with Crippen LogP contribution >= 0.6 is 11.3 Å². The lowest BCUT2D eigenvalue weighted by molar-refractivity contribution is -0.140. The second-order valence-corrected chi connectivity index (χ2v) is 10.5. The highest BCUT2D eigenvalue weighted by molar-refractivity contribution is 7.14. The van der Waals surface area contributed by atoms with Crippen LogP contribution in [0.2, 0.25) is 0 Å². The fraction of sp³-hybridized carbons (Fsp3) is 0.655. The summed E-state index contributed by atoms with van der Waals surface area (Å²) in [6.45, 7) is 5.04. The van der Waals surface area contributed by atoms with Crippen molar-refractivity contribution in [1.29, 1.82) is 0 Å². The topological polar surface area (TPSA) is 88.6 Å². The quantitative estimate of drug-likeness (QED) is 0.123. The first-order valence-corrected chi connectivity index (χ1v) is 14.8. The van der Waals surface area contributed by atoms with Crippen LogP contribution in [-0.4, -0.2) is 48.7 Å². The number of aryl methyl sites for hydroxylation is 1. The van der Waals surface area contributed by atoms with Crippen molar-refractivity contribution in [1.82, 2.24) is 9.88 Å². The summed E-state index contributed by atoms with van der Waals surface area (Å²) in [6.07, 6.45) is 16.2. The molecule has 2 aliphatic rings. The largest absolute Gasteiger partial charge is 0.469 e. The van der Waals surface area contributed by atoms with Gasteiger partial charge in [0.05, 0.1) is 24.8 Å². The number of esters is 1. The van der Waals surface area contributed by atoms with E-state index >= 15 is 0 Å². The van der Waals surface area contributed by atoms with Gasteiger partial charge in [0, 0.05) is 31.1 Å². The molecular formula is C29H45N3O4S. The smallest absolute Gasteiger partial charge is 0.305 e. The molecule has 37 heavy (non-hydrogen) atoms. The van der Waals surface area contributed by atoms with E-state index in [0.717, 1.165) is 43.7 Å². The van der Waals surface area contributed by atoms with Crippen LogP contribution in [-0.2, 0) is 25.5 Å². The summed E-state index contributed by atoms with van der Waals surface area (Å²) in [4.78, 5) is 43.0.